The number of aliphatic hydroxyl groups excluding tert-OH is 1. The molecule has 152 valence electrons. The Morgan fingerprint density at radius 1 is 1.04 bits per heavy atom. The molecule has 2 unspecified atom stereocenters. The number of likely N-dealkylation sites (tertiary alicyclic amines) is 2. The van der Waals surface area contributed by atoms with E-state index in [4.69, 9.17) is 4.74 Å². The summed E-state index contributed by atoms with van der Waals surface area (Å²) in [5, 5.41) is 10.5. The fraction of sp³-hybridized carbons (Fsp3) is 0.739. The summed E-state index contributed by atoms with van der Waals surface area (Å²) in [6.07, 6.45) is 6.15. The maximum Gasteiger partial charge on any atom is 0.119 e. The normalized spacial score (nSPS) is 23.5. The van der Waals surface area contributed by atoms with Crippen molar-refractivity contribution >= 4 is 0 Å². The summed E-state index contributed by atoms with van der Waals surface area (Å²) in [6.45, 7) is 12.5. The average molecular weight is 375 g/mol. The maximum atomic E-state index is 10.5. The first-order valence-electron chi connectivity index (χ1n) is 10.8. The second-order valence-electron chi connectivity index (χ2n) is 9.39. The van der Waals surface area contributed by atoms with Crippen molar-refractivity contribution in [3.05, 3.63) is 29.8 Å². The predicted octanol–water partition coefficient (Wildman–Crippen LogP) is 3.67. The van der Waals surface area contributed by atoms with Crippen LogP contribution in [0.1, 0.15) is 58.4 Å². The van der Waals surface area contributed by atoms with E-state index in [9.17, 15) is 5.11 Å². The van der Waals surface area contributed by atoms with Crippen molar-refractivity contribution in [3.63, 3.8) is 0 Å². The molecular weight excluding hydrogens is 336 g/mol. The topological polar surface area (TPSA) is 35.9 Å². The molecule has 2 heterocycles. The molecule has 2 aliphatic rings. The van der Waals surface area contributed by atoms with E-state index in [2.05, 4.69) is 42.7 Å². The van der Waals surface area contributed by atoms with Gasteiger partial charge in [-0.05, 0) is 68.4 Å². The van der Waals surface area contributed by atoms with Gasteiger partial charge in [0.25, 0.3) is 0 Å². The van der Waals surface area contributed by atoms with Crippen LogP contribution in [0.3, 0.4) is 0 Å². The Morgan fingerprint density at radius 3 is 2.41 bits per heavy atom. The van der Waals surface area contributed by atoms with Crippen LogP contribution in [-0.4, -0.2) is 66.4 Å². The molecule has 0 aliphatic carbocycles. The van der Waals surface area contributed by atoms with Crippen molar-refractivity contribution in [1.29, 1.82) is 0 Å². The Balaban J connectivity index is 1.43. The van der Waals surface area contributed by atoms with E-state index >= 15 is 0 Å². The van der Waals surface area contributed by atoms with Gasteiger partial charge in [0.1, 0.15) is 18.5 Å². The summed E-state index contributed by atoms with van der Waals surface area (Å²) in [5.41, 5.74) is 1.45. The number of aliphatic hydroxyl groups is 1. The Kier molecular flexibility index (Phi) is 7.18. The fourth-order valence-electron chi connectivity index (χ4n) is 4.35. The van der Waals surface area contributed by atoms with Crippen molar-refractivity contribution in [2.24, 2.45) is 0 Å². The van der Waals surface area contributed by atoms with Gasteiger partial charge in [0, 0.05) is 19.1 Å². The predicted molar refractivity (Wildman–Crippen MR) is 112 cm³/mol. The molecule has 3 rings (SSSR count). The van der Waals surface area contributed by atoms with E-state index < -0.39 is 6.10 Å². The van der Waals surface area contributed by atoms with Crippen LogP contribution >= 0.6 is 0 Å². The maximum absolute atomic E-state index is 10.5. The molecule has 0 radical (unpaired) electrons. The lowest BCUT2D eigenvalue weighted by molar-refractivity contribution is 0.0554. The Hall–Kier alpha value is -1.10. The van der Waals surface area contributed by atoms with Crippen LogP contribution in [0, 0.1) is 0 Å². The van der Waals surface area contributed by atoms with Crippen molar-refractivity contribution in [2.75, 3.05) is 39.3 Å². The monoisotopic (exact) mass is 374 g/mol. The molecule has 0 saturated carbocycles. The number of hydrogen-bond donors (Lipinski definition) is 1. The third kappa shape index (κ3) is 6.20. The minimum absolute atomic E-state index is 0.150. The van der Waals surface area contributed by atoms with E-state index in [1.807, 2.05) is 12.1 Å². The largest absolute Gasteiger partial charge is 0.491 e. The molecular formula is C23H38N2O2. The molecule has 1 aromatic rings. The van der Waals surface area contributed by atoms with Crippen LogP contribution in [0.2, 0.25) is 0 Å². The number of β-amino-alcohol motifs (C(OH)–C–C–N with tert-alkyl or cyclic N) is 1. The van der Waals surface area contributed by atoms with Crippen LogP contribution in [0.5, 0.6) is 5.75 Å². The third-order valence-corrected chi connectivity index (χ3v) is 6.02. The van der Waals surface area contributed by atoms with E-state index in [-0.39, 0.29) is 5.41 Å². The Bertz CT molecular complexity index is 561. The van der Waals surface area contributed by atoms with E-state index in [1.165, 1.54) is 57.3 Å². The van der Waals surface area contributed by atoms with Crippen molar-refractivity contribution in [3.8, 4) is 5.75 Å². The van der Waals surface area contributed by atoms with Gasteiger partial charge in [0.15, 0.2) is 0 Å². The van der Waals surface area contributed by atoms with Gasteiger partial charge < -0.3 is 14.7 Å². The number of nitrogens with zero attached hydrogens (tertiary/aromatic N) is 2. The third-order valence-electron chi connectivity index (χ3n) is 6.02. The molecule has 1 N–H and O–H groups in total. The molecule has 0 spiro atoms. The molecule has 2 fully saturated rings. The highest BCUT2D eigenvalue weighted by Gasteiger charge is 2.28. The van der Waals surface area contributed by atoms with Crippen LogP contribution in [-0.2, 0) is 5.41 Å². The molecule has 1 aromatic carbocycles. The zero-order valence-electron chi connectivity index (χ0n) is 17.5. The van der Waals surface area contributed by atoms with Crippen LogP contribution < -0.4 is 4.74 Å². The summed E-state index contributed by atoms with van der Waals surface area (Å²) in [5.74, 6) is 0.841. The average Bonchev–Trinajstić information content (AvgIpc) is 3.07. The molecule has 2 aliphatic heterocycles. The summed E-state index contributed by atoms with van der Waals surface area (Å²) in [6, 6.07) is 8.88. The van der Waals surface area contributed by atoms with Gasteiger partial charge in [-0.3, -0.25) is 4.90 Å². The van der Waals surface area contributed by atoms with Crippen LogP contribution in [0.4, 0.5) is 0 Å². The molecule has 0 amide bonds. The van der Waals surface area contributed by atoms with Crippen molar-refractivity contribution < 1.29 is 9.84 Å². The number of benzene rings is 1. The second-order valence-corrected chi connectivity index (χ2v) is 9.39. The van der Waals surface area contributed by atoms with Crippen LogP contribution in [0.15, 0.2) is 24.3 Å². The SMILES string of the molecule is CC(C)(C)c1ccc(OCC(O)CN2CCCC2CN2CCCCC2)cc1. The van der Waals surface area contributed by atoms with E-state index in [0.29, 0.717) is 12.6 Å². The van der Waals surface area contributed by atoms with Gasteiger partial charge in [-0.2, -0.15) is 0 Å². The van der Waals surface area contributed by atoms with E-state index in [1.54, 1.807) is 0 Å². The highest BCUT2D eigenvalue weighted by molar-refractivity contribution is 5.31. The highest BCUT2D eigenvalue weighted by Crippen LogP contribution is 2.24. The summed E-state index contributed by atoms with van der Waals surface area (Å²) in [4.78, 5) is 5.09. The van der Waals surface area contributed by atoms with Gasteiger partial charge in [-0.1, -0.05) is 39.3 Å². The summed E-state index contributed by atoms with van der Waals surface area (Å²) in [7, 11) is 0. The molecule has 2 saturated heterocycles. The number of hydrogen-bond acceptors (Lipinski definition) is 4. The lowest BCUT2D eigenvalue weighted by atomic mass is 9.87. The smallest absolute Gasteiger partial charge is 0.119 e. The number of ether oxygens (including phenoxy) is 1. The first-order chi connectivity index (χ1) is 12.9. The van der Waals surface area contributed by atoms with Gasteiger partial charge in [0.2, 0.25) is 0 Å². The summed E-state index contributed by atoms with van der Waals surface area (Å²) >= 11 is 0. The first-order valence-corrected chi connectivity index (χ1v) is 10.8. The minimum Gasteiger partial charge on any atom is -0.491 e. The van der Waals surface area contributed by atoms with E-state index in [0.717, 1.165) is 18.8 Å². The number of piperidine rings is 1. The zero-order valence-corrected chi connectivity index (χ0v) is 17.5. The molecule has 27 heavy (non-hydrogen) atoms. The zero-order chi connectivity index (χ0) is 19.3. The molecule has 0 bridgehead atoms. The molecule has 4 nitrogen and oxygen atoms in total. The first kappa shape index (κ1) is 20.6. The second kappa shape index (κ2) is 9.40. The lowest BCUT2D eigenvalue weighted by Crippen LogP contribution is -2.45. The molecule has 2 atom stereocenters. The summed E-state index contributed by atoms with van der Waals surface area (Å²) < 4.78 is 5.84. The van der Waals surface area contributed by atoms with Gasteiger partial charge >= 0.3 is 0 Å². The van der Waals surface area contributed by atoms with Crippen molar-refractivity contribution in [1.82, 2.24) is 9.80 Å². The molecule has 0 aromatic heterocycles. The van der Waals surface area contributed by atoms with Crippen molar-refractivity contribution in [2.45, 2.75) is 70.4 Å². The minimum atomic E-state index is -0.436. The Morgan fingerprint density at radius 2 is 1.74 bits per heavy atom. The van der Waals surface area contributed by atoms with Crippen LogP contribution in [0.25, 0.3) is 0 Å². The standard InChI is InChI=1S/C23H38N2O2/c1-23(2,3)19-9-11-22(12-10-19)27-18-21(26)17-25-15-7-8-20(25)16-24-13-5-4-6-14-24/h9-12,20-21,26H,4-8,13-18H2,1-3H3. The van der Waals surface area contributed by atoms with Gasteiger partial charge in [-0.15, -0.1) is 0 Å². The van der Waals surface area contributed by atoms with Gasteiger partial charge in [-0.25, -0.2) is 0 Å². The Labute approximate surface area is 165 Å². The van der Waals surface area contributed by atoms with Gasteiger partial charge in [0.05, 0.1) is 0 Å². The lowest BCUT2D eigenvalue weighted by Gasteiger charge is -2.33. The highest BCUT2D eigenvalue weighted by atomic mass is 16.5. The number of rotatable bonds is 7. The quantitative estimate of drug-likeness (QED) is 0.790. The fourth-order valence-corrected chi connectivity index (χ4v) is 4.35. The molecule has 4 heteroatoms.